The van der Waals surface area contributed by atoms with E-state index in [1.807, 2.05) is 6.92 Å². The average Bonchev–Trinajstić information content (AvgIpc) is 2.63. The molecule has 6 heteroatoms. The maximum absolute atomic E-state index is 11.6. The maximum atomic E-state index is 11.6. The van der Waals surface area contributed by atoms with Gasteiger partial charge in [-0.25, -0.2) is 13.1 Å². The summed E-state index contributed by atoms with van der Waals surface area (Å²) in [5.74, 6) is 0.0459. The zero-order valence-corrected chi connectivity index (χ0v) is 12.8. The van der Waals surface area contributed by atoms with Crippen LogP contribution in [0.25, 0.3) is 0 Å². The molecule has 0 heterocycles. The van der Waals surface area contributed by atoms with E-state index in [1.54, 1.807) is 0 Å². The first-order valence-electron chi connectivity index (χ1n) is 7.42. The van der Waals surface area contributed by atoms with Crippen LogP contribution in [0.5, 0.6) is 0 Å². The zero-order chi connectivity index (χ0) is 14.0. The monoisotopic (exact) mass is 292 g/mol. The Morgan fingerprint density at radius 2 is 1.79 bits per heavy atom. The van der Waals surface area contributed by atoms with Gasteiger partial charge in [-0.1, -0.05) is 25.7 Å². The summed E-state index contributed by atoms with van der Waals surface area (Å²) in [6.07, 6.45) is 7.69. The van der Waals surface area contributed by atoms with Crippen LogP contribution in [0, 0.1) is 0 Å². The lowest BCUT2D eigenvalue weighted by Gasteiger charge is -2.16. The lowest BCUT2D eigenvalue weighted by atomic mass is 10.1. The van der Waals surface area contributed by atoms with E-state index in [1.165, 1.54) is 38.5 Å². The first-order chi connectivity index (χ1) is 9.14. The minimum atomic E-state index is -3.18. The molecule has 1 saturated carbocycles. The van der Waals surface area contributed by atoms with Gasteiger partial charge in [-0.3, -0.25) is 0 Å². The van der Waals surface area contributed by atoms with Crippen LogP contribution in [-0.4, -0.2) is 46.5 Å². The highest BCUT2D eigenvalue weighted by Gasteiger charge is 2.12. The second-order valence-corrected chi connectivity index (χ2v) is 6.98. The lowest BCUT2D eigenvalue weighted by molar-refractivity contribution is 0.163. The van der Waals surface area contributed by atoms with Crippen molar-refractivity contribution >= 4 is 10.0 Å². The van der Waals surface area contributed by atoms with Crippen LogP contribution >= 0.6 is 0 Å². The Labute approximate surface area is 117 Å². The third kappa shape index (κ3) is 8.57. The van der Waals surface area contributed by atoms with Crippen LogP contribution in [-0.2, 0) is 14.8 Å². The highest BCUT2D eigenvalue weighted by atomic mass is 32.2. The van der Waals surface area contributed by atoms with Crippen molar-refractivity contribution in [1.29, 1.82) is 0 Å². The van der Waals surface area contributed by atoms with Gasteiger partial charge in [0.2, 0.25) is 10.0 Å². The number of hydrogen-bond donors (Lipinski definition) is 2. The topological polar surface area (TPSA) is 67.4 Å². The standard InChI is InChI=1S/C13H28N2O3S/c1-2-18-11-12-19(16,17)15-10-9-14-13-7-5-3-4-6-8-13/h13-15H,2-12H2,1H3. The Balaban J connectivity index is 2.08. The maximum Gasteiger partial charge on any atom is 0.213 e. The van der Waals surface area contributed by atoms with E-state index in [4.69, 9.17) is 4.74 Å². The fraction of sp³-hybridized carbons (Fsp3) is 1.00. The SMILES string of the molecule is CCOCCS(=O)(=O)NCCNC1CCCCCC1. The van der Waals surface area contributed by atoms with Gasteiger partial charge in [0.05, 0.1) is 12.4 Å². The van der Waals surface area contributed by atoms with Crippen molar-refractivity contribution in [3.8, 4) is 0 Å². The number of hydrogen-bond acceptors (Lipinski definition) is 4. The molecule has 19 heavy (non-hydrogen) atoms. The van der Waals surface area contributed by atoms with Crippen LogP contribution in [0.3, 0.4) is 0 Å². The molecule has 2 N–H and O–H groups in total. The third-order valence-corrected chi connectivity index (χ3v) is 4.78. The number of nitrogens with one attached hydrogen (secondary N) is 2. The molecule has 0 amide bonds. The van der Waals surface area contributed by atoms with Crippen LogP contribution in [0.1, 0.15) is 45.4 Å². The predicted molar refractivity (Wildman–Crippen MR) is 77.8 cm³/mol. The van der Waals surface area contributed by atoms with Crippen LogP contribution in [0.15, 0.2) is 0 Å². The molecule has 0 spiro atoms. The first kappa shape index (κ1) is 16.9. The van der Waals surface area contributed by atoms with Gasteiger partial charge in [0.1, 0.15) is 0 Å². The minimum absolute atomic E-state index is 0.0459. The van der Waals surface area contributed by atoms with E-state index in [0.29, 0.717) is 25.7 Å². The van der Waals surface area contributed by atoms with E-state index < -0.39 is 10.0 Å². The number of rotatable bonds is 9. The molecule has 114 valence electrons. The fourth-order valence-electron chi connectivity index (χ4n) is 2.35. The second-order valence-electron chi connectivity index (χ2n) is 5.05. The summed E-state index contributed by atoms with van der Waals surface area (Å²) in [6, 6.07) is 0.565. The molecule has 1 aliphatic rings. The van der Waals surface area contributed by atoms with E-state index in [9.17, 15) is 8.42 Å². The van der Waals surface area contributed by atoms with Gasteiger partial charge >= 0.3 is 0 Å². The van der Waals surface area contributed by atoms with Gasteiger partial charge in [-0.05, 0) is 19.8 Å². The fourth-order valence-corrected chi connectivity index (χ4v) is 3.25. The molecule has 0 aromatic carbocycles. The van der Waals surface area contributed by atoms with E-state index >= 15 is 0 Å². The molecular formula is C13H28N2O3S. The summed E-state index contributed by atoms with van der Waals surface area (Å²) in [4.78, 5) is 0. The number of sulfonamides is 1. The summed E-state index contributed by atoms with van der Waals surface area (Å²) < 4.78 is 30.8. The Kier molecular flexibility index (Phi) is 8.61. The van der Waals surface area contributed by atoms with Gasteiger partial charge < -0.3 is 10.1 Å². The largest absolute Gasteiger partial charge is 0.381 e. The van der Waals surface area contributed by atoms with Crippen molar-refractivity contribution in [2.75, 3.05) is 32.1 Å². The average molecular weight is 292 g/mol. The minimum Gasteiger partial charge on any atom is -0.381 e. The van der Waals surface area contributed by atoms with Crippen molar-refractivity contribution in [2.24, 2.45) is 0 Å². The molecule has 0 aromatic heterocycles. The first-order valence-corrected chi connectivity index (χ1v) is 9.08. The van der Waals surface area contributed by atoms with Gasteiger partial charge in [-0.2, -0.15) is 0 Å². The van der Waals surface area contributed by atoms with Gasteiger partial charge in [0.15, 0.2) is 0 Å². The normalized spacial score (nSPS) is 18.4. The van der Waals surface area contributed by atoms with Crippen molar-refractivity contribution < 1.29 is 13.2 Å². The zero-order valence-electron chi connectivity index (χ0n) is 12.0. The molecule has 0 aliphatic heterocycles. The molecule has 0 saturated heterocycles. The summed E-state index contributed by atoms with van der Waals surface area (Å²) >= 11 is 0. The molecule has 0 aromatic rings. The summed E-state index contributed by atoms with van der Waals surface area (Å²) in [7, 11) is -3.18. The Morgan fingerprint density at radius 1 is 1.11 bits per heavy atom. The Hall–Kier alpha value is -0.170. The Bertz CT molecular complexity index is 312. The molecule has 0 atom stereocenters. The van der Waals surface area contributed by atoms with Crippen molar-refractivity contribution in [3.63, 3.8) is 0 Å². The molecule has 1 rings (SSSR count). The van der Waals surface area contributed by atoms with Gasteiger partial charge in [0, 0.05) is 25.7 Å². The molecule has 0 bridgehead atoms. The summed E-state index contributed by atoms with van der Waals surface area (Å²) in [5.41, 5.74) is 0. The van der Waals surface area contributed by atoms with Crippen molar-refractivity contribution in [3.05, 3.63) is 0 Å². The predicted octanol–water partition coefficient (Wildman–Crippen LogP) is 1.25. The highest BCUT2D eigenvalue weighted by Crippen LogP contribution is 2.16. The van der Waals surface area contributed by atoms with E-state index in [0.717, 1.165) is 0 Å². The van der Waals surface area contributed by atoms with Crippen LogP contribution in [0.2, 0.25) is 0 Å². The molecule has 1 fully saturated rings. The lowest BCUT2D eigenvalue weighted by Crippen LogP contribution is -2.38. The third-order valence-electron chi connectivity index (χ3n) is 3.44. The smallest absolute Gasteiger partial charge is 0.213 e. The van der Waals surface area contributed by atoms with Crippen molar-refractivity contribution in [1.82, 2.24) is 10.0 Å². The van der Waals surface area contributed by atoms with Crippen molar-refractivity contribution in [2.45, 2.75) is 51.5 Å². The van der Waals surface area contributed by atoms with Gasteiger partial charge in [-0.15, -0.1) is 0 Å². The molecular weight excluding hydrogens is 264 g/mol. The number of ether oxygens (including phenoxy) is 1. The van der Waals surface area contributed by atoms with E-state index in [2.05, 4.69) is 10.0 Å². The van der Waals surface area contributed by atoms with Crippen LogP contribution < -0.4 is 10.0 Å². The molecule has 1 aliphatic carbocycles. The summed E-state index contributed by atoms with van der Waals surface area (Å²) in [6.45, 7) is 3.85. The molecule has 5 nitrogen and oxygen atoms in total. The second kappa shape index (κ2) is 9.69. The van der Waals surface area contributed by atoms with Crippen LogP contribution in [0.4, 0.5) is 0 Å². The quantitative estimate of drug-likeness (QED) is 0.496. The van der Waals surface area contributed by atoms with E-state index in [-0.39, 0.29) is 12.4 Å². The molecule has 0 radical (unpaired) electrons. The summed E-state index contributed by atoms with van der Waals surface area (Å²) in [5, 5.41) is 3.44. The van der Waals surface area contributed by atoms with Gasteiger partial charge in [0.25, 0.3) is 0 Å². The molecule has 0 unspecified atom stereocenters. The highest BCUT2D eigenvalue weighted by molar-refractivity contribution is 7.89. The Morgan fingerprint density at radius 3 is 2.42 bits per heavy atom.